The third-order valence-corrected chi connectivity index (χ3v) is 8.40. The number of ketones is 1. The van der Waals surface area contributed by atoms with Gasteiger partial charge in [-0.3, -0.25) is 4.79 Å². The molecular formula is C27H29BrO7. The van der Waals surface area contributed by atoms with Crippen molar-refractivity contribution in [2.24, 2.45) is 11.8 Å². The molecule has 35 heavy (non-hydrogen) atoms. The van der Waals surface area contributed by atoms with Crippen LogP contribution >= 0.6 is 15.9 Å². The van der Waals surface area contributed by atoms with Gasteiger partial charge in [0.1, 0.15) is 6.10 Å². The molecule has 0 aliphatic heterocycles. The number of esters is 1. The second-order valence-corrected chi connectivity index (χ2v) is 9.99. The highest BCUT2D eigenvalue weighted by Crippen LogP contribution is 2.65. The maximum Gasteiger partial charge on any atom is 0.338 e. The first-order chi connectivity index (χ1) is 16.9. The van der Waals surface area contributed by atoms with E-state index in [0.29, 0.717) is 47.8 Å². The summed E-state index contributed by atoms with van der Waals surface area (Å²) in [5.74, 6) is 1.22. The number of alkyl halides is 1. The molecule has 0 aromatic heterocycles. The van der Waals surface area contributed by atoms with Gasteiger partial charge in [0.05, 0.1) is 38.3 Å². The number of methoxy groups -OCH3 is 4. The molecule has 0 bridgehead atoms. The summed E-state index contributed by atoms with van der Waals surface area (Å²) < 4.78 is 27.0. The van der Waals surface area contributed by atoms with Crippen LogP contribution in [-0.2, 0) is 20.7 Å². The molecule has 186 valence electrons. The fraction of sp³-hybridized carbons (Fsp3) is 0.407. The minimum absolute atomic E-state index is 0.0300. The lowest BCUT2D eigenvalue weighted by atomic mass is 10.0. The fourth-order valence-corrected chi connectivity index (χ4v) is 6.15. The van der Waals surface area contributed by atoms with Crippen molar-refractivity contribution in [2.75, 3.05) is 28.4 Å². The van der Waals surface area contributed by atoms with Gasteiger partial charge in [-0.05, 0) is 61.1 Å². The monoisotopic (exact) mass is 544 g/mol. The molecule has 0 radical (unpaired) electrons. The van der Waals surface area contributed by atoms with Crippen LogP contribution in [0.5, 0.6) is 17.2 Å². The van der Waals surface area contributed by atoms with Crippen molar-refractivity contribution in [3.63, 3.8) is 0 Å². The van der Waals surface area contributed by atoms with Gasteiger partial charge in [0.25, 0.3) is 0 Å². The van der Waals surface area contributed by atoms with Crippen LogP contribution in [0.2, 0.25) is 0 Å². The zero-order valence-corrected chi connectivity index (χ0v) is 21.8. The van der Waals surface area contributed by atoms with Gasteiger partial charge < -0.3 is 23.7 Å². The van der Waals surface area contributed by atoms with Crippen molar-refractivity contribution in [1.29, 1.82) is 0 Å². The van der Waals surface area contributed by atoms with E-state index in [4.69, 9.17) is 23.7 Å². The molecule has 0 spiro atoms. The molecule has 1 unspecified atom stereocenters. The Balaban J connectivity index is 1.60. The third kappa shape index (κ3) is 4.63. The Morgan fingerprint density at radius 2 is 1.69 bits per heavy atom. The van der Waals surface area contributed by atoms with Gasteiger partial charge in [-0.2, -0.15) is 0 Å². The quantitative estimate of drug-likeness (QED) is 0.315. The van der Waals surface area contributed by atoms with Gasteiger partial charge in [-0.15, -0.1) is 0 Å². The largest absolute Gasteiger partial charge is 0.493 e. The topological polar surface area (TPSA) is 80.3 Å². The predicted molar refractivity (Wildman–Crippen MR) is 133 cm³/mol. The van der Waals surface area contributed by atoms with Crippen LogP contribution < -0.4 is 14.2 Å². The molecule has 7 nitrogen and oxygen atoms in total. The van der Waals surface area contributed by atoms with Crippen LogP contribution in [0.25, 0.3) is 0 Å². The molecule has 0 amide bonds. The summed E-state index contributed by atoms with van der Waals surface area (Å²) in [4.78, 5) is 26.0. The van der Waals surface area contributed by atoms with E-state index >= 15 is 0 Å². The average molecular weight is 545 g/mol. The van der Waals surface area contributed by atoms with Crippen LogP contribution in [0.15, 0.2) is 54.3 Å². The lowest BCUT2D eigenvalue weighted by Gasteiger charge is -2.25. The number of carbonyl (C=O) groups excluding carboxylic acids is 2. The number of ether oxygens (including phenoxy) is 5. The minimum atomic E-state index is -0.661. The molecule has 4 atom stereocenters. The van der Waals surface area contributed by atoms with Crippen molar-refractivity contribution in [3.8, 4) is 17.2 Å². The Labute approximate surface area is 213 Å². The summed E-state index contributed by atoms with van der Waals surface area (Å²) in [6, 6.07) is 12.6. The number of rotatable bonds is 10. The lowest BCUT2D eigenvalue weighted by molar-refractivity contribution is -0.120. The highest BCUT2D eigenvalue weighted by molar-refractivity contribution is 9.10. The second kappa shape index (κ2) is 10.3. The van der Waals surface area contributed by atoms with Gasteiger partial charge in [0, 0.05) is 5.92 Å². The van der Waals surface area contributed by atoms with Crippen LogP contribution in [0, 0.1) is 11.8 Å². The lowest BCUT2D eigenvalue weighted by Crippen LogP contribution is -2.33. The molecule has 2 aliphatic carbocycles. The molecule has 0 heterocycles. The van der Waals surface area contributed by atoms with E-state index in [1.54, 1.807) is 45.6 Å². The van der Waals surface area contributed by atoms with Gasteiger partial charge >= 0.3 is 5.97 Å². The molecule has 2 aliphatic rings. The molecule has 0 N–H and O–H groups in total. The van der Waals surface area contributed by atoms with Crippen molar-refractivity contribution in [2.45, 2.75) is 29.7 Å². The first kappa shape index (κ1) is 25.1. The Morgan fingerprint density at radius 1 is 1.03 bits per heavy atom. The van der Waals surface area contributed by atoms with Crippen LogP contribution in [0.4, 0.5) is 0 Å². The third-order valence-electron chi connectivity index (χ3n) is 6.81. The number of fused-ring (bicyclic) bond motifs is 1. The van der Waals surface area contributed by atoms with E-state index in [9.17, 15) is 9.59 Å². The predicted octanol–water partition coefficient (Wildman–Crippen LogP) is 4.75. The molecule has 0 saturated heterocycles. The highest BCUT2D eigenvalue weighted by Gasteiger charge is 2.72. The SMILES string of the molecule is COC1=CC[C@H]2[C@@H](C1=O)[C@@]2(Br)C(CCc1cc(OC)c(OC)c(OC)c1)OC(=O)c1ccccc1. The first-order valence-electron chi connectivity index (χ1n) is 11.4. The first-order valence-corrected chi connectivity index (χ1v) is 12.2. The summed E-state index contributed by atoms with van der Waals surface area (Å²) >= 11 is 3.84. The number of halogens is 1. The number of allylic oxidation sites excluding steroid dienone is 2. The van der Waals surface area contributed by atoms with Gasteiger partial charge in [0.15, 0.2) is 17.3 Å². The molecule has 1 fully saturated rings. The van der Waals surface area contributed by atoms with Gasteiger partial charge in [0.2, 0.25) is 11.5 Å². The van der Waals surface area contributed by atoms with E-state index in [0.717, 1.165) is 5.56 Å². The van der Waals surface area contributed by atoms with Crippen LogP contribution in [0.1, 0.15) is 28.8 Å². The van der Waals surface area contributed by atoms with Gasteiger partial charge in [-0.1, -0.05) is 34.1 Å². The number of benzene rings is 2. The van der Waals surface area contributed by atoms with Crippen molar-refractivity contribution < 1.29 is 33.3 Å². The van der Waals surface area contributed by atoms with Crippen molar-refractivity contribution >= 4 is 27.7 Å². The Hall–Kier alpha value is -3.00. The Bertz CT molecular complexity index is 1100. The summed E-state index contributed by atoms with van der Waals surface area (Å²) in [5, 5.41) is 0. The molecule has 2 aromatic carbocycles. The van der Waals surface area contributed by atoms with E-state index in [1.165, 1.54) is 7.11 Å². The number of carbonyl (C=O) groups is 2. The normalized spacial score (nSPS) is 23.5. The van der Waals surface area contributed by atoms with E-state index in [2.05, 4.69) is 15.9 Å². The summed E-state index contributed by atoms with van der Waals surface area (Å²) in [7, 11) is 6.20. The zero-order valence-electron chi connectivity index (χ0n) is 20.2. The standard InChI is InChI=1S/C27H29BrO7/c1-31-19-12-11-18-23(24(19)29)27(18,28)22(35-26(30)17-8-6-5-7-9-17)13-10-16-14-20(32-2)25(34-4)21(15-16)33-3/h5-9,12,14-15,18,22-23H,10-11,13H2,1-4H3/t18-,22?,23-,27-/m0/s1. The summed E-state index contributed by atoms with van der Waals surface area (Å²) in [5.41, 5.74) is 1.40. The number of hydrogen-bond acceptors (Lipinski definition) is 7. The zero-order chi connectivity index (χ0) is 25.2. The molecule has 2 aromatic rings. The summed E-state index contributed by atoms with van der Waals surface area (Å²) in [6.45, 7) is 0. The van der Waals surface area contributed by atoms with E-state index in [-0.39, 0.29) is 17.6 Å². The van der Waals surface area contributed by atoms with E-state index < -0.39 is 16.4 Å². The van der Waals surface area contributed by atoms with Gasteiger partial charge in [-0.25, -0.2) is 4.79 Å². The van der Waals surface area contributed by atoms with Crippen molar-refractivity contribution in [3.05, 3.63) is 65.4 Å². The molecule has 4 rings (SSSR count). The van der Waals surface area contributed by atoms with Crippen LogP contribution in [-0.4, -0.2) is 50.6 Å². The fourth-order valence-electron chi connectivity index (χ4n) is 4.98. The second-order valence-electron chi connectivity index (χ2n) is 8.62. The highest BCUT2D eigenvalue weighted by atomic mass is 79.9. The van der Waals surface area contributed by atoms with Crippen LogP contribution in [0.3, 0.4) is 0 Å². The maximum absolute atomic E-state index is 13.0. The van der Waals surface area contributed by atoms with E-state index in [1.807, 2.05) is 24.3 Å². The molecular weight excluding hydrogens is 516 g/mol. The Kier molecular flexibility index (Phi) is 7.40. The molecule has 1 saturated carbocycles. The summed E-state index contributed by atoms with van der Waals surface area (Å²) in [6.07, 6.45) is 3.01. The Morgan fingerprint density at radius 3 is 2.26 bits per heavy atom. The maximum atomic E-state index is 13.0. The smallest absolute Gasteiger partial charge is 0.338 e. The number of aryl methyl sites for hydroxylation is 1. The van der Waals surface area contributed by atoms with Crippen molar-refractivity contribution in [1.82, 2.24) is 0 Å². The minimum Gasteiger partial charge on any atom is -0.493 e. The number of Topliss-reactive ketones (excluding diaryl/α,β-unsaturated/α-hetero) is 1. The number of hydrogen-bond donors (Lipinski definition) is 0. The average Bonchev–Trinajstić information content (AvgIpc) is 3.52. The molecule has 8 heteroatoms.